The number of halogens is 1. The number of aromatic nitrogens is 1. The molecule has 94 valence electrons. The number of hydrogen-bond donors (Lipinski definition) is 2. The largest absolute Gasteiger partial charge is 0.353 e. The van der Waals surface area contributed by atoms with Gasteiger partial charge in [0.05, 0.1) is 12.2 Å². The highest BCUT2D eigenvalue weighted by Gasteiger charge is 2.12. The van der Waals surface area contributed by atoms with Gasteiger partial charge in [-0.2, -0.15) is 0 Å². The van der Waals surface area contributed by atoms with E-state index in [1.54, 1.807) is 13.1 Å². The van der Waals surface area contributed by atoms with Gasteiger partial charge in [-0.05, 0) is 32.4 Å². The van der Waals surface area contributed by atoms with Crippen molar-refractivity contribution in [2.24, 2.45) is 0 Å². The maximum atomic E-state index is 12.9. The van der Waals surface area contributed by atoms with E-state index in [4.69, 9.17) is 0 Å². The first-order chi connectivity index (χ1) is 7.99. The predicted molar refractivity (Wildman–Crippen MR) is 63.8 cm³/mol. The molecular weight excluding hydrogens is 221 g/mol. The first-order valence-corrected chi connectivity index (χ1v) is 5.62. The molecule has 0 bridgehead atoms. The van der Waals surface area contributed by atoms with Crippen LogP contribution >= 0.6 is 0 Å². The van der Waals surface area contributed by atoms with E-state index < -0.39 is 0 Å². The van der Waals surface area contributed by atoms with E-state index in [0.29, 0.717) is 12.1 Å². The van der Waals surface area contributed by atoms with Crippen LogP contribution in [0.1, 0.15) is 26.3 Å². The summed E-state index contributed by atoms with van der Waals surface area (Å²) in [7, 11) is 0. The van der Waals surface area contributed by atoms with Crippen molar-refractivity contribution in [1.29, 1.82) is 0 Å². The molecule has 1 aromatic heterocycles. The molecule has 1 heterocycles. The van der Waals surface area contributed by atoms with E-state index in [1.165, 1.54) is 6.07 Å². The van der Waals surface area contributed by atoms with Crippen molar-refractivity contribution >= 4 is 5.91 Å². The second-order valence-electron chi connectivity index (χ2n) is 4.28. The minimum absolute atomic E-state index is 0.0654. The van der Waals surface area contributed by atoms with E-state index in [2.05, 4.69) is 15.6 Å². The fraction of sp³-hybridized carbons (Fsp3) is 0.500. The minimum Gasteiger partial charge on any atom is -0.353 e. The molecule has 1 unspecified atom stereocenters. The van der Waals surface area contributed by atoms with E-state index in [0.717, 1.165) is 6.20 Å². The molecule has 1 rings (SSSR count). The SMILES string of the molecule is CC(C)NC(=O)C(C)NCc1cncc(F)c1. The van der Waals surface area contributed by atoms with Gasteiger partial charge in [-0.15, -0.1) is 0 Å². The fourth-order valence-corrected chi connectivity index (χ4v) is 1.33. The summed E-state index contributed by atoms with van der Waals surface area (Å²) in [6.07, 6.45) is 2.72. The van der Waals surface area contributed by atoms with Crippen LogP contribution in [0.25, 0.3) is 0 Å². The number of rotatable bonds is 5. The molecule has 4 nitrogen and oxygen atoms in total. The molecule has 1 aromatic rings. The Kier molecular flexibility index (Phi) is 5.03. The summed E-state index contributed by atoms with van der Waals surface area (Å²) < 4.78 is 12.9. The van der Waals surface area contributed by atoms with Crippen molar-refractivity contribution < 1.29 is 9.18 Å². The molecule has 0 radical (unpaired) electrons. The minimum atomic E-state index is -0.372. The number of hydrogen-bond acceptors (Lipinski definition) is 3. The molecule has 0 fully saturated rings. The van der Waals surface area contributed by atoms with Gasteiger partial charge >= 0.3 is 0 Å². The molecule has 0 aliphatic rings. The molecular formula is C12H18FN3O. The topological polar surface area (TPSA) is 54.0 Å². The Balaban J connectivity index is 2.42. The van der Waals surface area contributed by atoms with Crippen LogP contribution in [0.2, 0.25) is 0 Å². The predicted octanol–water partition coefficient (Wildman–Crippen LogP) is 1.22. The van der Waals surface area contributed by atoms with Crippen molar-refractivity contribution in [3.8, 4) is 0 Å². The number of amides is 1. The van der Waals surface area contributed by atoms with Crippen LogP contribution in [0.15, 0.2) is 18.5 Å². The summed E-state index contributed by atoms with van der Waals surface area (Å²) in [6, 6.07) is 1.19. The van der Waals surface area contributed by atoms with Gasteiger partial charge in [0, 0.05) is 18.8 Å². The van der Waals surface area contributed by atoms with E-state index in [1.807, 2.05) is 13.8 Å². The van der Waals surface area contributed by atoms with Crippen molar-refractivity contribution in [2.45, 2.75) is 39.4 Å². The first-order valence-electron chi connectivity index (χ1n) is 5.62. The monoisotopic (exact) mass is 239 g/mol. The highest BCUT2D eigenvalue weighted by atomic mass is 19.1. The van der Waals surface area contributed by atoms with Gasteiger partial charge < -0.3 is 10.6 Å². The molecule has 2 N–H and O–H groups in total. The Labute approximate surface area is 101 Å². The lowest BCUT2D eigenvalue weighted by Gasteiger charge is -2.15. The smallest absolute Gasteiger partial charge is 0.237 e. The molecule has 0 aliphatic carbocycles. The third kappa shape index (κ3) is 4.91. The molecule has 1 amide bonds. The summed E-state index contributed by atoms with van der Waals surface area (Å²) in [6.45, 7) is 5.99. The second-order valence-corrected chi connectivity index (χ2v) is 4.28. The lowest BCUT2D eigenvalue weighted by molar-refractivity contribution is -0.123. The van der Waals surface area contributed by atoms with Gasteiger partial charge in [-0.1, -0.05) is 0 Å². The molecule has 0 aromatic carbocycles. The van der Waals surface area contributed by atoms with Crippen LogP contribution in [0.3, 0.4) is 0 Å². The van der Waals surface area contributed by atoms with Crippen molar-refractivity contribution in [3.05, 3.63) is 29.8 Å². The van der Waals surface area contributed by atoms with Gasteiger partial charge in [0.15, 0.2) is 0 Å². The lowest BCUT2D eigenvalue weighted by Crippen LogP contribution is -2.44. The van der Waals surface area contributed by atoms with Crippen LogP contribution in [0.4, 0.5) is 4.39 Å². The normalized spacial score (nSPS) is 12.5. The Bertz CT molecular complexity index is 382. The Morgan fingerprint density at radius 2 is 2.12 bits per heavy atom. The zero-order valence-electron chi connectivity index (χ0n) is 10.3. The van der Waals surface area contributed by atoms with Crippen LogP contribution in [-0.4, -0.2) is 23.0 Å². The van der Waals surface area contributed by atoms with Crippen LogP contribution in [0, 0.1) is 5.82 Å². The van der Waals surface area contributed by atoms with Crippen molar-refractivity contribution in [1.82, 2.24) is 15.6 Å². The van der Waals surface area contributed by atoms with Gasteiger partial charge in [-0.3, -0.25) is 9.78 Å². The van der Waals surface area contributed by atoms with Crippen LogP contribution < -0.4 is 10.6 Å². The Morgan fingerprint density at radius 3 is 2.71 bits per heavy atom. The zero-order chi connectivity index (χ0) is 12.8. The Morgan fingerprint density at radius 1 is 1.41 bits per heavy atom. The molecule has 0 spiro atoms. The highest BCUT2D eigenvalue weighted by molar-refractivity contribution is 5.81. The fourth-order valence-electron chi connectivity index (χ4n) is 1.33. The van der Waals surface area contributed by atoms with Crippen LogP contribution in [0.5, 0.6) is 0 Å². The summed E-state index contributed by atoms with van der Waals surface area (Å²) in [5.74, 6) is -0.437. The molecule has 0 aliphatic heterocycles. The first kappa shape index (κ1) is 13.6. The third-order valence-electron chi connectivity index (χ3n) is 2.20. The van der Waals surface area contributed by atoms with E-state index in [9.17, 15) is 9.18 Å². The molecule has 1 atom stereocenters. The number of nitrogens with zero attached hydrogens (tertiary/aromatic N) is 1. The standard InChI is InChI=1S/C12H18FN3O/c1-8(2)16-12(17)9(3)15-6-10-4-11(13)7-14-5-10/h4-5,7-9,15H,6H2,1-3H3,(H,16,17). The average molecular weight is 239 g/mol. The average Bonchev–Trinajstić information content (AvgIpc) is 2.25. The van der Waals surface area contributed by atoms with E-state index >= 15 is 0 Å². The number of pyridine rings is 1. The van der Waals surface area contributed by atoms with Gasteiger partial charge in [0.25, 0.3) is 0 Å². The summed E-state index contributed by atoms with van der Waals surface area (Å²) in [5.41, 5.74) is 0.717. The quantitative estimate of drug-likeness (QED) is 0.812. The van der Waals surface area contributed by atoms with Crippen LogP contribution in [-0.2, 0) is 11.3 Å². The zero-order valence-corrected chi connectivity index (χ0v) is 10.3. The molecule has 5 heteroatoms. The third-order valence-corrected chi connectivity index (χ3v) is 2.20. The number of nitrogens with one attached hydrogen (secondary N) is 2. The number of carbonyl (C=O) groups is 1. The molecule has 0 saturated heterocycles. The maximum Gasteiger partial charge on any atom is 0.237 e. The van der Waals surface area contributed by atoms with Crippen molar-refractivity contribution in [3.63, 3.8) is 0 Å². The van der Waals surface area contributed by atoms with Gasteiger partial charge in [0.1, 0.15) is 5.82 Å². The lowest BCUT2D eigenvalue weighted by atomic mass is 10.2. The van der Waals surface area contributed by atoms with Gasteiger partial charge in [0.2, 0.25) is 5.91 Å². The maximum absolute atomic E-state index is 12.9. The summed E-state index contributed by atoms with van der Waals surface area (Å²) in [5, 5.41) is 5.81. The summed E-state index contributed by atoms with van der Waals surface area (Å²) in [4.78, 5) is 15.3. The molecule has 17 heavy (non-hydrogen) atoms. The second kappa shape index (κ2) is 6.30. The van der Waals surface area contributed by atoms with E-state index in [-0.39, 0.29) is 23.8 Å². The highest BCUT2D eigenvalue weighted by Crippen LogP contribution is 2.00. The molecule has 0 saturated carbocycles. The van der Waals surface area contributed by atoms with Crippen molar-refractivity contribution in [2.75, 3.05) is 0 Å². The number of carbonyl (C=O) groups excluding carboxylic acids is 1. The van der Waals surface area contributed by atoms with Gasteiger partial charge in [-0.25, -0.2) is 4.39 Å². The Hall–Kier alpha value is -1.49. The summed E-state index contributed by atoms with van der Waals surface area (Å²) >= 11 is 0.